The molecule has 0 bridgehead atoms. The summed E-state index contributed by atoms with van der Waals surface area (Å²) in [6.45, 7) is 1.72. The van der Waals surface area contributed by atoms with Crippen LogP contribution in [0.5, 0.6) is 0 Å². The maximum absolute atomic E-state index is 13.7. The molecule has 3 heterocycles. The van der Waals surface area contributed by atoms with Crippen molar-refractivity contribution in [1.82, 2.24) is 14.8 Å². The minimum absolute atomic E-state index is 0.0817. The van der Waals surface area contributed by atoms with Gasteiger partial charge in [0, 0.05) is 22.7 Å². The second kappa shape index (κ2) is 6.88. The molecular formula is C19H14F2N4OS. The summed E-state index contributed by atoms with van der Waals surface area (Å²) >= 11 is 1.61. The van der Waals surface area contributed by atoms with E-state index >= 15 is 0 Å². The average molecular weight is 384 g/mol. The number of amides is 1. The molecule has 1 N–H and O–H groups in total. The average Bonchev–Trinajstić information content (AvgIpc) is 3.27. The number of carbonyl (C=O) groups excluding carboxylic acids is 1. The van der Waals surface area contributed by atoms with Crippen molar-refractivity contribution in [3.63, 3.8) is 0 Å². The number of nitrogens with zero attached hydrogens (tertiary/aromatic N) is 3. The highest BCUT2D eigenvalue weighted by Crippen LogP contribution is 2.32. The minimum Gasteiger partial charge on any atom is -0.322 e. The molecule has 136 valence electrons. The van der Waals surface area contributed by atoms with Crippen LogP contribution in [0, 0.1) is 18.6 Å². The number of nitrogens with one attached hydrogen (secondary N) is 1. The summed E-state index contributed by atoms with van der Waals surface area (Å²) in [6, 6.07) is 8.89. The first-order chi connectivity index (χ1) is 13.0. The van der Waals surface area contributed by atoms with Crippen molar-refractivity contribution in [3.05, 3.63) is 65.3 Å². The van der Waals surface area contributed by atoms with E-state index in [9.17, 15) is 13.6 Å². The van der Waals surface area contributed by atoms with Crippen molar-refractivity contribution in [2.75, 3.05) is 5.32 Å². The van der Waals surface area contributed by atoms with Gasteiger partial charge in [0.2, 0.25) is 5.91 Å². The summed E-state index contributed by atoms with van der Waals surface area (Å²) in [5, 5.41) is 9.73. The number of anilines is 1. The minimum atomic E-state index is -0.831. The van der Waals surface area contributed by atoms with Crippen LogP contribution in [0.4, 0.5) is 14.5 Å². The van der Waals surface area contributed by atoms with Gasteiger partial charge in [-0.1, -0.05) is 6.07 Å². The van der Waals surface area contributed by atoms with Crippen molar-refractivity contribution in [1.29, 1.82) is 0 Å². The summed E-state index contributed by atoms with van der Waals surface area (Å²) in [5.41, 5.74) is 2.25. The first-order valence-electron chi connectivity index (χ1n) is 8.14. The topological polar surface area (TPSA) is 59.8 Å². The van der Waals surface area contributed by atoms with Crippen LogP contribution < -0.4 is 5.32 Å². The second-order valence-corrected chi connectivity index (χ2v) is 6.90. The van der Waals surface area contributed by atoms with Gasteiger partial charge in [-0.3, -0.25) is 4.79 Å². The molecule has 4 rings (SSSR count). The summed E-state index contributed by atoms with van der Waals surface area (Å²) in [5.74, 6) is -2.01. The third-order valence-corrected chi connectivity index (χ3v) is 5.00. The quantitative estimate of drug-likeness (QED) is 0.568. The van der Waals surface area contributed by atoms with E-state index < -0.39 is 17.5 Å². The molecule has 1 amide bonds. The SMILES string of the molecule is Cc1nn(CC(=O)Nc2ccc(F)cc2F)c2nccc(-c3cccs3)c12. The standard InChI is InChI=1S/C19H14F2N4OS/c1-11-18-13(16-3-2-8-27-16)6-7-22-19(18)25(24-11)10-17(26)23-15-5-4-12(20)9-14(15)21/h2-9H,10H2,1H3,(H,23,26). The van der Waals surface area contributed by atoms with E-state index in [-0.39, 0.29) is 12.2 Å². The van der Waals surface area contributed by atoms with Gasteiger partial charge in [0.05, 0.1) is 16.8 Å². The summed E-state index contributed by atoms with van der Waals surface area (Å²) < 4.78 is 28.2. The van der Waals surface area contributed by atoms with Crippen molar-refractivity contribution in [2.45, 2.75) is 13.5 Å². The van der Waals surface area contributed by atoms with E-state index in [1.54, 1.807) is 17.5 Å². The smallest absolute Gasteiger partial charge is 0.246 e. The fourth-order valence-corrected chi connectivity index (χ4v) is 3.70. The largest absolute Gasteiger partial charge is 0.322 e. The van der Waals surface area contributed by atoms with E-state index in [2.05, 4.69) is 15.4 Å². The number of fused-ring (bicyclic) bond motifs is 1. The lowest BCUT2D eigenvalue weighted by atomic mass is 10.1. The Morgan fingerprint density at radius 1 is 1.26 bits per heavy atom. The highest BCUT2D eigenvalue weighted by molar-refractivity contribution is 7.13. The number of hydrogen-bond acceptors (Lipinski definition) is 4. The Bertz CT molecular complexity index is 1140. The lowest BCUT2D eigenvalue weighted by Gasteiger charge is -2.07. The van der Waals surface area contributed by atoms with Crippen LogP contribution in [-0.4, -0.2) is 20.7 Å². The summed E-state index contributed by atoms with van der Waals surface area (Å²) in [6.07, 6.45) is 1.67. The maximum atomic E-state index is 13.7. The van der Waals surface area contributed by atoms with Gasteiger partial charge in [-0.05, 0) is 36.6 Å². The molecule has 0 aliphatic carbocycles. The monoisotopic (exact) mass is 384 g/mol. The molecule has 0 unspecified atom stereocenters. The van der Waals surface area contributed by atoms with Crippen molar-refractivity contribution in [2.24, 2.45) is 0 Å². The van der Waals surface area contributed by atoms with E-state index in [1.807, 2.05) is 30.5 Å². The van der Waals surface area contributed by atoms with Crippen LogP contribution in [-0.2, 0) is 11.3 Å². The predicted octanol–water partition coefficient (Wildman–Crippen LogP) is 4.39. The number of thiophene rings is 1. The van der Waals surface area contributed by atoms with Gasteiger partial charge in [0.15, 0.2) is 5.65 Å². The van der Waals surface area contributed by atoms with Gasteiger partial charge in [0.1, 0.15) is 18.2 Å². The molecule has 0 radical (unpaired) electrons. The number of hydrogen-bond donors (Lipinski definition) is 1. The summed E-state index contributed by atoms with van der Waals surface area (Å²) in [4.78, 5) is 17.8. The van der Waals surface area contributed by atoms with E-state index in [0.29, 0.717) is 5.65 Å². The molecule has 1 aromatic carbocycles. The van der Waals surface area contributed by atoms with Crippen LogP contribution in [0.2, 0.25) is 0 Å². The lowest BCUT2D eigenvalue weighted by Crippen LogP contribution is -2.20. The van der Waals surface area contributed by atoms with Gasteiger partial charge in [-0.25, -0.2) is 18.4 Å². The maximum Gasteiger partial charge on any atom is 0.246 e. The van der Waals surface area contributed by atoms with E-state index in [4.69, 9.17) is 0 Å². The molecule has 4 aromatic rings. The van der Waals surface area contributed by atoms with Crippen molar-refractivity contribution >= 4 is 34.0 Å². The molecule has 27 heavy (non-hydrogen) atoms. The molecule has 0 saturated heterocycles. The van der Waals surface area contributed by atoms with E-state index in [1.165, 1.54) is 10.7 Å². The highest BCUT2D eigenvalue weighted by atomic mass is 32.1. The number of aromatic nitrogens is 3. The van der Waals surface area contributed by atoms with Crippen LogP contribution >= 0.6 is 11.3 Å². The molecule has 8 heteroatoms. The summed E-state index contributed by atoms with van der Waals surface area (Å²) in [7, 11) is 0. The number of carbonyl (C=O) groups is 1. The molecule has 0 atom stereocenters. The van der Waals surface area contributed by atoms with E-state index in [0.717, 1.165) is 33.7 Å². The molecule has 0 aliphatic heterocycles. The van der Waals surface area contributed by atoms with Crippen LogP contribution in [0.3, 0.4) is 0 Å². The Balaban J connectivity index is 1.65. The van der Waals surface area contributed by atoms with Crippen molar-refractivity contribution < 1.29 is 13.6 Å². The third-order valence-electron chi connectivity index (χ3n) is 4.09. The zero-order valence-electron chi connectivity index (χ0n) is 14.2. The number of pyridine rings is 1. The fraction of sp³-hybridized carbons (Fsp3) is 0.105. The second-order valence-electron chi connectivity index (χ2n) is 5.95. The number of rotatable bonds is 4. The first-order valence-corrected chi connectivity index (χ1v) is 9.02. The van der Waals surface area contributed by atoms with Crippen molar-refractivity contribution in [3.8, 4) is 10.4 Å². The normalized spacial score (nSPS) is 11.1. The Hall–Kier alpha value is -3.13. The van der Waals surface area contributed by atoms with Gasteiger partial charge in [-0.15, -0.1) is 11.3 Å². The predicted molar refractivity (Wildman–Crippen MR) is 101 cm³/mol. The van der Waals surface area contributed by atoms with Crippen LogP contribution in [0.25, 0.3) is 21.5 Å². The zero-order chi connectivity index (χ0) is 19.0. The molecular weight excluding hydrogens is 370 g/mol. The number of benzene rings is 1. The Kier molecular flexibility index (Phi) is 4.41. The Labute approximate surface area is 157 Å². The van der Waals surface area contributed by atoms with Gasteiger partial charge in [-0.2, -0.15) is 5.10 Å². The molecule has 3 aromatic heterocycles. The molecule has 0 aliphatic rings. The fourth-order valence-electron chi connectivity index (χ4n) is 2.95. The van der Waals surface area contributed by atoms with Gasteiger partial charge >= 0.3 is 0 Å². The van der Waals surface area contributed by atoms with Gasteiger partial charge in [0.25, 0.3) is 0 Å². The van der Waals surface area contributed by atoms with Crippen LogP contribution in [0.15, 0.2) is 48.0 Å². The molecule has 5 nitrogen and oxygen atoms in total. The van der Waals surface area contributed by atoms with Crippen LogP contribution in [0.1, 0.15) is 5.69 Å². The first kappa shape index (κ1) is 17.3. The molecule has 0 fully saturated rings. The molecule has 0 saturated carbocycles. The zero-order valence-corrected chi connectivity index (χ0v) is 15.1. The number of aryl methyl sites for hydroxylation is 1. The third kappa shape index (κ3) is 3.31. The van der Waals surface area contributed by atoms with Gasteiger partial charge < -0.3 is 5.32 Å². The lowest BCUT2D eigenvalue weighted by molar-refractivity contribution is -0.116. The number of halogens is 2. The molecule has 0 spiro atoms. The Morgan fingerprint density at radius 3 is 2.85 bits per heavy atom. The highest BCUT2D eigenvalue weighted by Gasteiger charge is 2.17. The Morgan fingerprint density at radius 2 is 2.11 bits per heavy atom.